The fourth-order valence-electron chi connectivity index (χ4n) is 1.46. The molecule has 2 N–H and O–H groups in total. The summed E-state index contributed by atoms with van der Waals surface area (Å²) in [6, 6.07) is 0. The first-order valence-electron chi connectivity index (χ1n) is 6.83. The van der Waals surface area contributed by atoms with E-state index in [4.69, 9.17) is 10.2 Å². The van der Waals surface area contributed by atoms with Gasteiger partial charge in [0, 0.05) is 0 Å². The number of unbranched alkanes of at least 4 members (excludes halogenated alkanes) is 5. The Bertz CT molecular complexity index is 205. The third-order valence-electron chi connectivity index (χ3n) is 2.44. The second-order valence-electron chi connectivity index (χ2n) is 4.91. The monoisotopic (exact) mass is 252 g/mol. The molecule has 0 aliphatic carbocycles. The minimum absolute atomic E-state index is 0.806. The number of carboxylic acids is 2. The van der Waals surface area contributed by atoms with Crippen LogP contribution in [0.3, 0.4) is 0 Å². The van der Waals surface area contributed by atoms with E-state index in [-0.39, 0.29) is 0 Å². The number of aliphatic carboxylic acids is 2. The van der Waals surface area contributed by atoms with Crippen LogP contribution in [0.1, 0.15) is 65.2 Å². The van der Waals surface area contributed by atoms with Crippen LogP contribution in [0.15, 0.2) is 0 Å². The van der Waals surface area contributed by atoms with Crippen molar-refractivity contribution in [3.8, 4) is 0 Å². The quantitative estimate of drug-likeness (QED) is 0.375. The van der Waals surface area contributed by atoms with Gasteiger partial charge in [-0.2, -0.15) is 0 Å². The molecule has 4 nitrogen and oxygen atoms in total. The van der Waals surface area contributed by atoms with Crippen molar-refractivity contribution in [2.45, 2.75) is 69.8 Å². The first-order valence-corrected chi connectivity index (χ1v) is 6.83. The Labute approximate surface area is 119 Å². The van der Waals surface area contributed by atoms with Gasteiger partial charge < -0.3 is 10.2 Å². The normalized spacial score (nSPS) is 11.3. The van der Waals surface area contributed by atoms with Gasteiger partial charge in [-0.05, 0) is 0 Å². The summed E-state index contributed by atoms with van der Waals surface area (Å²) in [5.74, 6) is -2.62. The van der Waals surface area contributed by atoms with E-state index in [1.165, 1.54) is 44.9 Å². The molecular weight excluding hydrogens is 227 g/mol. The molecule has 1 unspecified atom stereocenters. The molecule has 0 rings (SSSR count). The summed E-state index contributed by atoms with van der Waals surface area (Å²) in [5, 5.41) is 15.4. The van der Waals surface area contributed by atoms with E-state index in [1.54, 1.807) is 0 Å². The van der Waals surface area contributed by atoms with Crippen molar-refractivity contribution in [2.24, 2.45) is 0 Å². The molecule has 0 spiro atoms. The van der Waals surface area contributed by atoms with Gasteiger partial charge in [0.2, 0.25) is 0 Å². The van der Waals surface area contributed by atoms with Gasteiger partial charge in [0.1, 0.15) is 6.42 Å². The molecule has 0 heterocycles. The van der Waals surface area contributed by atoms with Gasteiger partial charge in [-0.25, -0.2) is 0 Å². The van der Waals surface area contributed by atoms with Gasteiger partial charge >= 0.3 is 93.0 Å². The van der Waals surface area contributed by atoms with Crippen LogP contribution in [0, 0.1) is 0 Å². The van der Waals surface area contributed by atoms with Crippen LogP contribution in [-0.4, -0.2) is 39.9 Å². The van der Waals surface area contributed by atoms with E-state index in [9.17, 15) is 9.59 Å². The number of carboxylic acid groups (broad SMARTS) is 2. The van der Waals surface area contributed by atoms with Gasteiger partial charge in [0.15, 0.2) is 0 Å². The summed E-state index contributed by atoms with van der Waals surface area (Å²) in [6.07, 6.45) is 9.23. The zero-order valence-electron chi connectivity index (χ0n) is 11.9. The molecule has 1 atom stereocenters. The summed E-state index contributed by atoms with van der Waals surface area (Å²) in [6.45, 7) is 4.58. The molecule has 0 aromatic carbocycles. The standard InChI is InChI=1S/C10H21.C3H4O4.Li/c1-3-5-7-9-10-8-6-4-2;4-2(5)1-3(6)7;/h3H,4-10H2,1-2H3;1H2,(H,4,5)(H,6,7);. The molecule has 0 aliphatic heterocycles. The van der Waals surface area contributed by atoms with E-state index in [1.807, 2.05) is 0 Å². The Balaban J connectivity index is 0. The maximum atomic E-state index is 9.43. The molecule has 0 saturated heterocycles. The van der Waals surface area contributed by atoms with Crippen LogP contribution in [0.2, 0.25) is 4.59 Å². The Hall–Kier alpha value is -0.463. The van der Waals surface area contributed by atoms with E-state index < -0.39 is 18.4 Å². The zero-order valence-corrected chi connectivity index (χ0v) is 11.9. The fraction of sp³-hybridized carbons (Fsp3) is 0.846. The van der Waals surface area contributed by atoms with E-state index in [2.05, 4.69) is 31.6 Å². The molecule has 0 bridgehead atoms. The minimum atomic E-state index is -1.31. The van der Waals surface area contributed by atoms with Crippen LogP contribution in [0.5, 0.6) is 0 Å². The van der Waals surface area contributed by atoms with E-state index in [0.29, 0.717) is 0 Å². The van der Waals surface area contributed by atoms with Gasteiger partial charge in [-0.1, -0.05) is 0 Å². The molecule has 0 aromatic heterocycles. The third kappa shape index (κ3) is 24.7. The zero-order chi connectivity index (χ0) is 14.4. The first-order chi connectivity index (χ1) is 8.40. The Kier molecular flexibility index (Phi) is 16.1. The van der Waals surface area contributed by atoms with E-state index >= 15 is 0 Å². The Morgan fingerprint density at radius 2 is 1.44 bits per heavy atom. The molecule has 0 aliphatic rings. The number of rotatable bonds is 9. The molecule has 0 amide bonds. The summed E-state index contributed by atoms with van der Waals surface area (Å²) in [7, 11) is 0. The second kappa shape index (κ2) is 14.6. The molecule has 102 valence electrons. The molecule has 5 heteroatoms. The van der Waals surface area contributed by atoms with Crippen LogP contribution in [0.25, 0.3) is 0 Å². The Morgan fingerprint density at radius 1 is 1.00 bits per heavy atom. The average Bonchev–Trinajstić information content (AvgIpc) is 2.21. The average molecular weight is 252 g/mol. The second-order valence-corrected chi connectivity index (χ2v) is 4.91. The van der Waals surface area contributed by atoms with Crippen LogP contribution < -0.4 is 0 Å². The first kappa shape index (κ1) is 19.9. The van der Waals surface area contributed by atoms with Crippen molar-refractivity contribution in [1.82, 2.24) is 0 Å². The van der Waals surface area contributed by atoms with Crippen molar-refractivity contribution in [2.75, 3.05) is 0 Å². The summed E-state index contributed by atoms with van der Waals surface area (Å²) >= 11 is 2.31. The van der Waals surface area contributed by atoms with Gasteiger partial charge in [-0.15, -0.1) is 0 Å². The van der Waals surface area contributed by atoms with Crippen molar-refractivity contribution in [3.63, 3.8) is 0 Å². The van der Waals surface area contributed by atoms with Crippen LogP contribution in [-0.2, 0) is 9.59 Å². The van der Waals surface area contributed by atoms with Gasteiger partial charge in [0.05, 0.1) is 0 Å². The predicted octanol–water partition coefficient (Wildman–Crippen LogP) is 3.26. The van der Waals surface area contributed by atoms with Gasteiger partial charge in [-0.3, -0.25) is 9.59 Å². The molecule has 0 radical (unpaired) electrons. The van der Waals surface area contributed by atoms with Crippen molar-refractivity contribution in [1.29, 1.82) is 0 Å². The molecule has 0 aromatic rings. The fourth-order valence-corrected chi connectivity index (χ4v) is 1.46. The molecular formula is C13H25LiO4. The number of hydrogen-bond acceptors (Lipinski definition) is 2. The van der Waals surface area contributed by atoms with Crippen molar-refractivity contribution in [3.05, 3.63) is 0 Å². The molecule has 18 heavy (non-hydrogen) atoms. The van der Waals surface area contributed by atoms with Gasteiger partial charge in [0.25, 0.3) is 0 Å². The van der Waals surface area contributed by atoms with Crippen LogP contribution >= 0.6 is 0 Å². The van der Waals surface area contributed by atoms with E-state index in [0.717, 1.165) is 4.59 Å². The maximum absolute atomic E-state index is 9.43. The van der Waals surface area contributed by atoms with Crippen molar-refractivity contribution >= 4 is 29.7 Å². The summed E-state index contributed by atoms with van der Waals surface area (Å²) in [5.41, 5.74) is 0. The SMILES string of the molecule is O=C(O)CC(=O)O.[Li][CH](C)CCCCCCCC. The summed E-state index contributed by atoms with van der Waals surface area (Å²) < 4.78 is 0.904. The Morgan fingerprint density at radius 3 is 1.78 bits per heavy atom. The predicted molar refractivity (Wildman–Crippen MR) is 73.1 cm³/mol. The number of carbonyl (C=O) groups is 2. The molecule has 0 saturated carbocycles. The van der Waals surface area contributed by atoms with Crippen LogP contribution in [0.4, 0.5) is 0 Å². The number of hydrogen-bond donors (Lipinski definition) is 2. The summed E-state index contributed by atoms with van der Waals surface area (Å²) in [4.78, 5) is 18.9. The topological polar surface area (TPSA) is 74.6 Å². The third-order valence-corrected chi connectivity index (χ3v) is 2.44. The van der Waals surface area contributed by atoms with Crippen molar-refractivity contribution < 1.29 is 19.8 Å². The molecule has 0 fully saturated rings.